The number of carbonyl (C=O) groups excluding carboxylic acids is 1. The minimum Gasteiger partial charge on any atom is -0.488 e. The van der Waals surface area contributed by atoms with E-state index >= 15 is 0 Å². The standard InChI is InChI=1S/C13H10ClN3O2S/c1-7-16-17-13(20-7)15-12(18)9-4-8-5-10(14)2-3-11(8)19-6-9/h2-5H,6H2,1H3,(H,15,17,18). The molecule has 1 N–H and O–H groups in total. The van der Waals surface area contributed by atoms with E-state index in [1.807, 2.05) is 6.92 Å². The Hall–Kier alpha value is -1.92. The Morgan fingerprint density at radius 3 is 3.05 bits per heavy atom. The van der Waals surface area contributed by atoms with E-state index in [1.165, 1.54) is 11.3 Å². The lowest BCUT2D eigenvalue weighted by atomic mass is 10.1. The second-order valence-corrected chi connectivity index (χ2v) is 5.84. The quantitative estimate of drug-likeness (QED) is 0.926. The van der Waals surface area contributed by atoms with Crippen LogP contribution in [0.2, 0.25) is 5.02 Å². The lowest BCUT2D eigenvalue weighted by Gasteiger charge is -2.17. The molecule has 1 aliphatic rings. The number of aryl methyl sites for hydroxylation is 1. The van der Waals surface area contributed by atoms with E-state index < -0.39 is 0 Å². The normalized spacial score (nSPS) is 13.2. The van der Waals surface area contributed by atoms with Gasteiger partial charge in [-0.15, -0.1) is 10.2 Å². The largest absolute Gasteiger partial charge is 0.488 e. The van der Waals surface area contributed by atoms with Gasteiger partial charge in [0.15, 0.2) is 0 Å². The van der Waals surface area contributed by atoms with Gasteiger partial charge in [0.05, 0.1) is 5.57 Å². The summed E-state index contributed by atoms with van der Waals surface area (Å²) in [5.74, 6) is 0.476. The van der Waals surface area contributed by atoms with Crippen LogP contribution in [0.1, 0.15) is 10.6 Å². The molecule has 0 radical (unpaired) electrons. The number of rotatable bonds is 2. The SMILES string of the molecule is Cc1nnc(NC(=O)C2=Cc3cc(Cl)ccc3OC2)s1. The third kappa shape index (κ3) is 2.66. The molecular weight excluding hydrogens is 298 g/mol. The third-order valence-electron chi connectivity index (χ3n) is 2.72. The van der Waals surface area contributed by atoms with Crippen LogP contribution in [0.15, 0.2) is 23.8 Å². The Labute approximate surface area is 124 Å². The first kappa shape index (κ1) is 13.1. The minimum atomic E-state index is -0.244. The van der Waals surface area contributed by atoms with E-state index in [0.717, 1.165) is 16.3 Å². The second kappa shape index (κ2) is 5.22. The molecule has 2 aromatic rings. The molecule has 2 heterocycles. The number of ether oxygens (including phenoxy) is 1. The molecule has 0 saturated heterocycles. The molecule has 1 amide bonds. The molecule has 7 heteroatoms. The Kier molecular flexibility index (Phi) is 3.42. The van der Waals surface area contributed by atoms with Gasteiger partial charge < -0.3 is 4.74 Å². The molecule has 0 fully saturated rings. The predicted octanol–water partition coefficient (Wildman–Crippen LogP) is 2.91. The minimum absolute atomic E-state index is 0.220. The zero-order valence-electron chi connectivity index (χ0n) is 10.5. The van der Waals surface area contributed by atoms with Gasteiger partial charge in [-0.25, -0.2) is 0 Å². The molecule has 0 aliphatic carbocycles. The first-order chi connectivity index (χ1) is 9.61. The van der Waals surface area contributed by atoms with E-state index in [1.54, 1.807) is 24.3 Å². The van der Waals surface area contributed by atoms with Crippen molar-refractivity contribution in [2.24, 2.45) is 0 Å². The number of nitrogens with zero attached hydrogens (tertiary/aromatic N) is 2. The fourth-order valence-electron chi connectivity index (χ4n) is 1.80. The van der Waals surface area contributed by atoms with Gasteiger partial charge in [0.25, 0.3) is 5.91 Å². The van der Waals surface area contributed by atoms with Crippen molar-refractivity contribution in [3.63, 3.8) is 0 Å². The van der Waals surface area contributed by atoms with Crippen LogP contribution in [0.25, 0.3) is 6.08 Å². The summed E-state index contributed by atoms with van der Waals surface area (Å²) in [7, 11) is 0. The lowest BCUT2D eigenvalue weighted by Crippen LogP contribution is -2.21. The number of nitrogens with one attached hydrogen (secondary N) is 1. The summed E-state index contributed by atoms with van der Waals surface area (Å²) in [6.07, 6.45) is 1.77. The lowest BCUT2D eigenvalue weighted by molar-refractivity contribution is -0.113. The van der Waals surface area contributed by atoms with Crippen LogP contribution in [0.3, 0.4) is 0 Å². The maximum Gasteiger partial charge on any atom is 0.256 e. The van der Waals surface area contributed by atoms with Crippen molar-refractivity contribution in [3.05, 3.63) is 39.4 Å². The van der Waals surface area contributed by atoms with Crippen LogP contribution < -0.4 is 10.1 Å². The molecule has 20 heavy (non-hydrogen) atoms. The van der Waals surface area contributed by atoms with Gasteiger partial charge in [-0.05, 0) is 31.2 Å². The molecule has 3 rings (SSSR count). The van der Waals surface area contributed by atoms with Crippen molar-refractivity contribution in [2.75, 3.05) is 11.9 Å². The molecule has 5 nitrogen and oxygen atoms in total. The summed E-state index contributed by atoms with van der Waals surface area (Å²) in [5.41, 5.74) is 1.31. The van der Waals surface area contributed by atoms with Gasteiger partial charge in [-0.3, -0.25) is 10.1 Å². The Balaban J connectivity index is 1.82. The van der Waals surface area contributed by atoms with Crippen LogP contribution in [-0.4, -0.2) is 22.7 Å². The van der Waals surface area contributed by atoms with E-state index in [9.17, 15) is 4.79 Å². The van der Waals surface area contributed by atoms with Crippen LogP contribution in [0, 0.1) is 6.92 Å². The van der Waals surface area contributed by atoms with Gasteiger partial charge in [0, 0.05) is 10.6 Å². The average molecular weight is 308 g/mol. The molecule has 1 aromatic heterocycles. The van der Waals surface area contributed by atoms with Gasteiger partial charge in [-0.1, -0.05) is 22.9 Å². The van der Waals surface area contributed by atoms with Crippen molar-refractivity contribution < 1.29 is 9.53 Å². The van der Waals surface area contributed by atoms with Crippen LogP contribution in [0.4, 0.5) is 5.13 Å². The predicted molar refractivity (Wildman–Crippen MR) is 78.2 cm³/mol. The molecule has 0 atom stereocenters. The van der Waals surface area contributed by atoms with Crippen molar-refractivity contribution >= 4 is 40.1 Å². The number of carbonyl (C=O) groups is 1. The van der Waals surface area contributed by atoms with Gasteiger partial charge >= 0.3 is 0 Å². The number of hydrogen-bond acceptors (Lipinski definition) is 5. The first-order valence-electron chi connectivity index (χ1n) is 5.86. The smallest absolute Gasteiger partial charge is 0.256 e. The molecule has 1 aromatic carbocycles. The number of fused-ring (bicyclic) bond motifs is 1. The summed E-state index contributed by atoms with van der Waals surface area (Å²) in [6, 6.07) is 5.30. The second-order valence-electron chi connectivity index (χ2n) is 4.22. The van der Waals surface area contributed by atoms with Gasteiger partial charge in [0.2, 0.25) is 5.13 Å². The van der Waals surface area contributed by atoms with Crippen molar-refractivity contribution in [1.29, 1.82) is 0 Å². The number of halogens is 1. The molecule has 1 aliphatic heterocycles. The van der Waals surface area contributed by atoms with E-state index in [0.29, 0.717) is 15.7 Å². The highest BCUT2D eigenvalue weighted by atomic mass is 35.5. The highest BCUT2D eigenvalue weighted by Crippen LogP contribution is 2.29. The summed E-state index contributed by atoms with van der Waals surface area (Å²) in [6.45, 7) is 2.05. The number of anilines is 1. The number of hydrogen-bond donors (Lipinski definition) is 1. The van der Waals surface area contributed by atoms with Crippen molar-refractivity contribution in [2.45, 2.75) is 6.92 Å². The molecule has 0 bridgehead atoms. The average Bonchev–Trinajstić information content (AvgIpc) is 2.83. The number of amides is 1. The summed E-state index contributed by atoms with van der Waals surface area (Å²) < 4.78 is 5.53. The maximum absolute atomic E-state index is 12.1. The maximum atomic E-state index is 12.1. The van der Waals surface area contributed by atoms with Crippen molar-refractivity contribution in [1.82, 2.24) is 10.2 Å². The molecule has 102 valence electrons. The number of aromatic nitrogens is 2. The Bertz CT molecular complexity index is 711. The fourth-order valence-corrected chi connectivity index (χ4v) is 2.57. The monoisotopic (exact) mass is 307 g/mol. The third-order valence-corrected chi connectivity index (χ3v) is 3.71. The summed E-state index contributed by atoms with van der Waals surface area (Å²) in [5, 5.41) is 12.3. The van der Waals surface area contributed by atoms with E-state index in [4.69, 9.17) is 16.3 Å². The van der Waals surface area contributed by atoms with Crippen LogP contribution in [-0.2, 0) is 4.79 Å². The topological polar surface area (TPSA) is 64.1 Å². The molecule has 0 saturated carbocycles. The van der Waals surface area contributed by atoms with Gasteiger partial charge in [-0.2, -0.15) is 0 Å². The van der Waals surface area contributed by atoms with E-state index in [-0.39, 0.29) is 12.5 Å². The fraction of sp³-hybridized carbons (Fsp3) is 0.154. The number of benzene rings is 1. The summed E-state index contributed by atoms with van der Waals surface area (Å²) >= 11 is 7.26. The zero-order chi connectivity index (χ0) is 14.1. The molecular formula is C13H10ClN3O2S. The summed E-state index contributed by atoms with van der Waals surface area (Å²) in [4.78, 5) is 12.1. The highest BCUT2D eigenvalue weighted by Gasteiger charge is 2.18. The van der Waals surface area contributed by atoms with Gasteiger partial charge in [0.1, 0.15) is 17.4 Å². The first-order valence-corrected chi connectivity index (χ1v) is 7.05. The molecule has 0 spiro atoms. The Morgan fingerprint density at radius 2 is 2.30 bits per heavy atom. The zero-order valence-corrected chi connectivity index (χ0v) is 12.1. The van der Waals surface area contributed by atoms with Crippen LogP contribution >= 0.6 is 22.9 Å². The van der Waals surface area contributed by atoms with E-state index in [2.05, 4.69) is 15.5 Å². The van der Waals surface area contributed by atoms with Crippen LogP contribution in [0.5, 0.6) is 5.75 Å². The molecule has 0 unspecified atom stereocenters. The Morgan fingerprint density at radius 1 is 1.45 bits per heavy atom. The van der Waals surface area contributed by atoms with Crippen molar-refractivity contribution in [3.8, 4) is 5.75 Å². The highest BCUT2D eigenvalue weighted by molar-refractivity contribution is 7.15.